The molecule has 0 fully saturated rings. The van der Waals surface area contributed by atoms with Crippen molar-refractivity contribution in [3.8, 4) is 33.4 Å². The molecule has 0 bridgehead atoms. The fourth-order valence-electron chi connectivity index (χ4n) is 9.16. The second-order valence-corrected chi connectivity index (χ2v) is 14.7. The van der Waals surface area contributed by atoms with Gasteiger partial charge in [0.25, 0.3) is 0 Å². The van der Waals surface area contributed by atoms with Crippen LogP contribution >= 0.6 is 0 Å². The van der Waals surface area contributed by atoms with Gasteiger partial charge in [-0.15, -0.1) is 0 Å². The predicted molar refractivity (Wildman–Crippen MR) is 234 cm³/mol. The summed E-state index contributed by atoms with van der Waals surface area (Å²) in [5, 5.41) is 13.6. The Hall–Kier alpha value is -7.29. The smallest absolute Gasteiger partial charge is 0.146 e. The summed E-state index contributed by atoms with van der Waals surface area (Å²) in [7, 11) is 0. The summed E-state index contributed by atoms with van der Waals surface area (Å²) in [6, 6.07) is 71.3. The van der Waals surface area contributed by atoms with Gasteiger partial charge in [-0.3, -0.25) is 4.40 Å². The van der Waals surface area contributed by atoms with Crippen LogP contribution in [0.25, 0.3) is 115 Å². The molecule has 0 saturated heterocycles. The van der Waals surface area contributed by atoms with Crippen LogP contribution < -0.4 is 0 Å². The highest BCUT2D eigenvalue weighted by Crippen LogP contribution is 2.46. The Balaban J connectivity index is 1.18. The standard InChI is InChI=1S/C53H32N2/c1-3-13-35-29-39(23-21-33(35)11-1)51-43-16-6-7-17-44(43)52(40-24-22-34-12-2-4-14-36(34)30-40)47-31-37(26-28-45(47)51)38-25-27-42-41-15-5-8-18-46(41)53-54-48-19-9-10-20-49(48)55(53)50(42)32-38/h1-32H. The normalized spacial score (nSPS) is 12.0. The van der Waals surface area contributed by atoms with Gasteiger partial charge in [-0.05, 0) is 118 Å². The number of hydrogen-bond acceptors (Lipinski definition) is 1. The van der Waals surface area contributed by atoms with E-state index in [2.05, 4.69) is 199 Å². The molecule has 12 rings (SSSR count). The molecule has 254 valence electrons. The van der Waals surface area contributed by atoms with E-state index < -0.39 is 0 Å². The number of fused-ring (bicyclic) bond motifs is 12. The lowest BCUT2D eigenvalue weighted by Crippen LogP contribution is -1.93. The first-order chi connectivity index (χ1) is 27.3. The molecule has 0 amide bonds. The third-order valence-corrected chi connectivity index (χ3v) is 11.7. The Morgan fingerprint density at radius 1 is 0.291 bits per heavy atom. The highest BCUT2D eigenvalue weighted by molar-refractivity contribution is 6.23. The molecular weight excluding hydrogens is 665 g/mol. The lowest BCUT2D eigenvalue weighted by molar-refractivity contribution is 1.31. The second-order valence-electron chi connectivity index (χ2n) is 14.7. The molecule has 0 saturated carbocycles. The average Bonchev–Trinajstić information content (AvgIpc) is 3.65. The van der Waals surface area contributed by atoms with Crippen molar-refractivity contribution in [3.63, 3.8) is 0 Å². The molecule has 0 aliphatic carbocycles. The highest BCUT2D eigenvalue weighted by atomic mass is 15.0. The topological polar surface area (TPSA) is 17.3 Å². The summed E-state index contributed by atoms with van der Waals surface area (Å²) < 4.78 is 2.35. The van der Waals surface area contributed by atoms with E-state index >= 15 is 0 Å². The Labute approximate surface area is 317 Å². The minimum Gasteiger partial charge on any atom is -0.292 e. The quantitative estimate of drug-likeness (QED) is 0.133. The molecule has 0 spiro atoms. The second kappa shape index (κ2) is 11.6. The first-order valence-corrected chi connectivity index (χ1v) is 19.0. The van der Waals surface area contributed by atoms with E-state index in [4.69, 9.17) is 4.98 Å². The fraction of sp³-hybridized carbons (Fsp3) is 0. The van der Waals surface area contributed by atoms with Crippen molar-refractivity contribution in [3.05, 3.63) is 194 Å². The summed E-state index contributed by atoms with van der Waals surface area (Å²) in [6.45, 7) is 0. The third-order valence-electron chi connectivity index (χ3n) is 11.7. The molecule has 0 unspecified atom stereocenters. The molecular formula is C53H32N2. The van der Waals surface area contributed by atoms with E-state index in [0.29, 0.717) is 0 Å². The van der Waals surface area contributed by atoms with Crippen molar-refractivity contribution >= 4 is 81.4 Å². The third kappa shape index (κ3) is 4.52. The lowest BCUT2D eigenvalue weighted by Gasteiger charge is -2.19. The van der Waals surface area contributed by atoms with Crippen LogP contribution in [-0.4, -0.2) is 9.38 Å². The Bertz CT molecular complexity index is 3550. The van der Waals surface area contributed by atoms with Crippen LogP contribution in [0.3, 0.4) is 0 Å². The van der Waals surface area contributed by atoms with E-state index in [9.17, 15) is 0 Å². The van der Waals surface area contributed by atoms with Crippen LogP contribution in [-0.2, 0) is 0 Å². The lowest BCUT2D eigenvalue weighted by atomic mass is 9.84. The number of rotatable bonds is 3. The number of para-hydroxylation sites is 2. The Morgan fingerprint density at radius 2 is 0.782 bits per heavy atom. The van der Waals surface area contributed by atoms with E-state index in [1.807, 2.05) is 0 Å². The summed E-state index contributed by atoms with van der Waals surface area (Å²) in [4.78, 5) is 5.15. The van der Waals surface area contributed by atoms with Crippen molar-refractivity contribution in [2.75, 3.05) is 0 Å². The predicted octanol–water partition coefficient (Wildman–Crippen LogP) is 14.4. The van der Waals surface area contributed by atoms with Crippen LogP contribution in [0.4, 0.5) is 0 Å². The average molecular weight is 697 g/mol. The summed E-state index contributed by atoms with van der Waals surface area (Å²) in [6.07, 6.45) is 0. The zero-order valence-corrected chi connectivity index (χ0v) is 29.9. The number of imidazole rings is 1. The van der Waals surface area contributed by atoms with Gasteiger partial charge in [0, 0.05) is 10.8 Å². The van der Waals surface area contributed by atoms with Crippen molar-refractivity contribution in [1.82, 2.24) is 9.38 Å². The molecule has 0 N–H and O–H groups in total. The number of benzene rings is 10. The number of hydrogen-bond donors (Lipinski definition) is 0. The van der Waals surface area contributed by atoms with Crippen LogP contribution in [0.15, 0.2) is 194 Å². The van der Waals surface area contributed by atoms with Gasteiger partial charge < -0.3 is 0 Å². The molecule has 2 nitrogen and oxygen atoms in total. The molecule has 12 aromatic rings. The van der Waals surface area contributed by atoms with E-state index in [1.54, 1.807) is 0 Å². The monoisotopic (exact) mass is 696 g/mol. The van der Waals surface area contributed by atoms with Gasteiger partial charge in [0.05, 0.1) is 16.6 Å². The maximum atomic E-state index is 5.15. The van der Waals surface area contributed by atoms with Gasteiger partial charge in [0.2, 0.25) is 0 Å². The van der Waals surface area contributed by atoms with Gasteiger partial charge in [-0.1, -0.05) is 158 Å². The molecule has 0 atom stereocenters. The first-order valence-electron chi connectivity index (χ1n) is 19.0. The van der Waals surface area contributed by atoms with Crippen LogP contribution in [0.1, 0.15) is 0 Å². The minimum atomic E-state index is 0.991. The largest absolute Gasteiger partial charge is 0.292 e. The van der Waals surface area contributed by atoms with Crippen molar-refractivity contribution in [1.29, 1.82) is 0 Å². The maximum absolute atomic E-state index is 5.15. The highest BCUT2D eigenvalue weighted by Gasteiger charge is 2.19. The van der Waals surface area contributed by atoms with Gasteiger partial charge in [0.15, 0.2) is 0 Å². The summed E-state index contributed by atoms with van der Waals surface area (Å²) in [5.74, 6) is 0. The Morgan fingerprint density at radius 3 is 1.47 bits per heavy atom. The van der Waals surface area contributed by atoms with Crippen LogP contribution in [0.2, 0.25) is 0 Å². The number of nitrogens with zero attached hydrogens (tertiary/aromatic N) is 2. The zero-order chi connectivity index (χ0) is 36.0. The molecule has 2 heteroatoms. The first kappa shape index (κ1) is 30.2. The van der Waals surface area contributed by atoms with Crippen molar-refractivity contribution < 1.29 is 0 Å². The Kier molecular flexibility index (Phi) is 6.37. The summed E-state index contributed by atoms with van der Waals surface area (Å²) >= 11 is 0. The van der Waals surface area contributed by atoms with E-state index in [-0.39, 0.29) is 0 Å². The summed E-state index contributed by atoms with van der Waals surface area (Å²) in [5.41, 5.74) is 11.6. The molecule has 0 radical (unpaired) electrons. The molecule has 10 aromatic carbocycles. The molecule has 2 heterocycles. The van der Waals surface area contributed by atoms with Crippen molar-refractivity contribution in [2.45, 2.75) is 0 Å². The van der Waals surface area contributed by atoms with Gasteiger partial charge in [0.1, 0.15) is 5.65 Å². The van der Waals surface area contributed by atoms with Gasteiger partial charge in [-0.2, -0.15) is 0 Å². The van der Waals surface area contributed by atoms with Crippen molar-refractivity contribution in [2.24, 2.45) is 0 Å². The molecule has 2 aromatic heterocycles. The minimum absolute atomic E-state index is 0.991. The molecule has 0 aliphatic heterocycles. The maximum Gasteiger partial charge on any atom is 0.146 e. The van der Waals surface area contributed by atoms with Gasteiger partial charge in [-0.25, -0.2) is 4.98 Å². The zero-order valence-electron chi connectivity index (χ0n) is 29.9. The van der Waals surface area contributed by atoms with Crippen LogP contribution in [0.5, 0.6) is 0 Å². The SMILES string of the molecule is c1ccc2cc(-c3c4ccccc4c(-c4ccc5ccccc5c4)c4cc(-c5ccc6c7ccccc7c7nc8ccccc8n7c6c5)ccc34)ccc2c1. The van der Waals surface area contributed by atoms with Crippen LogP contribution in [0, 0.1) is 0 Å². The number of aromatic nitrogens is 2. The number of pyridine rings is 1. The fourth-order valence-corrected chi connectivity index (χ4v) is 9.16. The van der Waals surface area contributed by atoms with E-state index in [0.717, 1.165) is 27.6 Å². The van der Waals surface area contributed by atoms with Gasteiger partial charge >= 0.3 is 0 Å². The molecule has 55 heavy (non-hydrogen) atoms. The van der Waals surface area contributed by atoms with E-state index in [1.165, 1.54) is 87.2 Å². The molecule has 0 aliphatic rings.